The van der Waals surface area contributed by atoms with Gasteiger partial charge in [0.1, 0.15) is 0 Å². The predicted octanol–water partition coefficient (Wildman–Crippen LogP) is 4.59. The second-order valence-corrected chi connectivity index (χ2v) is 5.43. The van der Waals surface area contributed by atoms with E-state index >= 15 is 0 Å². The standard InChI is InChI=1S/C15H22F2N2/c1-2-10-4-3-5-12(8-10)19-14-7-6-11(18)9-13(14)15(16)17/h6-7,9-10,12,15,19H,2-5,8,18H2,1H3. The molecular formula is C15H22F2N2. The quantitative estimate of drug-likeness (QED) is 0.784. The summed E-state index contributed by atoms with van der Waals surface area (Å²) in [5.41, 5.74) is 6.51. The van der Waals surface area contributed by atoms with Crippen LogP contribution >= 0.6 is 0 Å². The predicted molar refractivity (Wildman–Crippen MR) is 75.5 cm³/mol. The maximum absolute atomic E-state index is 13.0. The maximum Gasteiger partial charge on any atom is 0.265 e. The van der Waals surface area contributed by atoms with Crippen LogP contribution in [0.4, 0.5) is 20.2 Å². The number of nitrogens with one attached hydrogen (secondary N) is 1. The molecule has 2 unspecified atom stereocenters. The lowest BCUT2D eigenvalue weighted by Crippen LogP contribution is -2.27. The van der Waals surface area contributed by atoms with Crippen molar-refractivity contribution in [2.24, 2.45) is 5.92 Å². The second kappa shape index (κ2) is 6.22. The summed E-state index contributed by atoms with van der Waals surface area (Å²) in [7, 11) is 0. The molecule has 2 rings (SSSR count). The number of halogens is 2. The van der Waals surface area contributed by atoms with E-state index in [1.165, 1.54) is 25.3 Å². The van der Waals surface area contributed by atoms with Crippen molar-refractivity contribution in [3.8, 4) is 0 Å². The van der Waals surface area contributed by atoms with Gasteiger partial charge in [-0.1, -0.05) is 26.2 Å². The van der Waals surface area contributed by atoms with Gasteiger partial charge in [-0.15, -0.1) is 0 Å². The number of nitrogen functional groups attached to an aromatic ring is 1. The van der Waals surface area contributed by atoms with Crippen LogP contribution < -0.4 is 11.1 Å². The van der Waals surface area contributed by atoms with Crippen molar-refractivity contribution in [1.29, 1.82) is 0 Å². The molecule has 1 aromatic rings. The Balaban J connectivity index is 2.10. The first kappa shape index (κ1) is 14.1. The SMILES string of the molecule is CCC1CCCC(Nc2ccc(N)cc2C(F)F)C1. The average molecular weight is 268 g/mol. The Morgan fingerprint density at radius 2 is 2.16 bits per heavy atom. The number of hydrogen-bond donors (Lipinski definition) is 2. The number of benzene rings is 1. The minimum atomic E-state index is -2.49. The van der Waals surface area contributed by atoms with Crippen LogP contribution in [0.2, 0.25) is 0 Å². The average Bonchev–Trinajstić information content (AvgIpc) is 2.41. The molecule has 19 heavy (non-hydrogen) atoms. The van der Waals surface area contributed by atoms with Gasteiger partial charge < -0.3 is 11.1 Å². The van der Waals surface area contributed by atoms with Crippen LogP contribution in [0, 0.1) is 5.92 Å². The van der Waals surface area contributed by atoms with Crippen LogP contribution in [-0.2, 0) is 0 Å². The zero-order valence-corrected chi connectivity index (χ0v) is 11.3. The second-order valence-electron chi connectivity index (χ2n) is 5.43. The lowest BCUT2D eigenvalue weighted by atomic mass is 9.84. The van der Waals surface area contributed by atoms with Crippen LogP contribution in [-0.4, -0.2) is 6.04 Å². The molecule has 1 aromatic carbocycles. The molecule has 0 amide bonds. The molecule has 0 saturated heterocycles. The number of anilines is 2. The molecular weight excluding hydrogens is 246 g/mol. The topological polar surface area (TPSA) is 38.0 Å². The first-order valence-corrected chi connectivity index (χ1v) is 7.04. The molecule has 1 aliphatic rings. The van der Waals surface area contributed by atoms with Crippen LogP contribution in [0.25, 0.3) is 0 Å². The third kappa shape index (κ3) is 3.58. The molecule has 1 aliphatic carbocycles. The van der Waals surface area contributed by atoms with E-state index in [1.54, 1.807) is 12.1 Å². The number of hydrogen-bond acceptors (Lipinski definition) is 2. The monoisotopic (exact) mass is 268 g/mol. The van der Waals surface area contributed by atoms with E-state index in [0.29, 0.717) is 17.4 Å². The Labute approximate surface area is 113 Å². The molecule has 3 N–H and O–H groups in total. The van der Waals surface area contributed by atoms with E-state index in [4.69, 9.17) is 5.73 Å². The molecule has 2 atom stereocenters. The molecule has 0 aromatic heterocycles. The lowest BCUT2D eigenvalue weighted by molar-refractivity contribution is 0.152. The fourth-order valence-electron chi connectivity index (χ4n) is 2.91. The third-order valence-electron chi connectivity index (χ3n) is 4.03. The molecule has 0 aliphatic heterocycles. The summed E-state index contributed by atoms with van der Waals surface area (Å²) in [4.78, 5) is 0. The van der Waals surface area contributed by atoms with Gasteiger partial charge in [-0.2, -0.15) is 0 Å². The molecule has 106 valence electrons. The molecule has 1 fully saturated rings. The molecule has 0 radical (unpaired) electrons. The van der Waals surface area contributed by atoms with Gasteiger partial charge in [0.25, 0.3) is 6.43 Å². The van der Waals surface area contributed by atoms with Crippen molar-refractivity contribution in [2.45, 2.75) is 51.5 Å². The van der Waals surface area contributed by atoms with E-state index < -0.39 is 6.43 Å². The van der Waals surface area contributed by atoms with Crippen LogP contribution in [0.1, 0.15) is 51.0 Å². The van der Waals surface area contributed by atoms with E-state index in [9.17, 15) is 8.78 Å². The summed E-state index contributed by atoms with van der Waals surface area (Å²) < 4.78 is 26.0. The molecule has 0 bridgehead atoms. The summed E-state index contributed by atoms with van der Waals surface area (Å²) in [5.74, 6) is 0.718. The molecule has 0 spiro atoms. The Kier molecular flexibility index (Phi) is 4.61. The highest BCUT2D eigenvalue weighted by atomic mass is 19.3. The number of rotatable bonds is 4. The lowest BCUT2D eigenvalue weighted by Gasteiger charge is -2.30. The highest BCUT2D eigenvalue weighted by Crippen LogP contribution is 2.33. The van der Waals surface area contributed by atoms with Crippen molar-refractivity contribution in [1.82, 2.24) is 0 Å². The van der Waals surface area contributed by atoms with Crippen LogP contribution in [0.5, 0.6) is 0 Å². The molecule has 2 nitrogen and oxygen atoms in total. The minimum absolute atomic E-state index is 0.0126. The zero-order valence-electron chi connectivity index (χ0n) is 11.3. The van der Waals surface area contributed by atoms with Crippen molar-refractivity contribution >= 4 is 11.4 Å². The summed E-state index contributed by atoms with van der Waals surface area (Å²) in [5, 5.41) is 3.29. The summed E-state index contributed by atoms with van der Waals surface area (Å²) in [6.07, 6.45) is 3.25. The third-order valence-corrected chi connectivity index (χ3v) is 4.03. The fraction of sp³-hybridized carbons (Fsp3) is 0.600. The van der Waals surface area contributed by atoms with E-state index in [-0.39, 0.29) is 5.56 Å². The van der Waals surface area contributed by atoms with Gasteiger partial charge in [0.2, 0.25) is 0 Å². The largest absolute Gasteiger partial charge is 0.399 e. The summed E-state index contributed by atoms with van der Waals surface area (Å²) in [6, 6.07) is 5.02. The first-order chi connectivity index (χ1) is 9.10. The highest BCUT2D eigenvalue weighted by molar-refractivity contribution is 5.59. The van der Waals surface area contributed by atoms with E-state index in [0.717, 1.165) is 18.8 Å². The van der Waals surface area contributed by atoms with E-state index in [2.05, 4.69) is 12.2 Å². The van der Waals surface area contributed by atoms with Crippen molar-refractivity contribution in [3.63, 3.8) is 0 Å². The smallest absolute Gasteiger partial charge is 0.265 e. The summed E-state index contributed by atoms with van der Waals surface area (Å²) >= 11 is 0. The van der Waals surface area contributed by atoms with Gasteiger partial charge in [0.05, 0.1) is 0 Å². The normalized spacial score (nSPS) is 23.6. The zero-order chi connectivity index (χ0) is 13.8. The number of alkyl halides is 2. The van der Waals surface area contributed by atoms with Gasteiger partial charge in [0.15, 0.2) is 0 Å². The molecule has 0 heterocycles. The maximum atomic E-state index is 13.0. The highest BCUT2D eigenvalue weighted by Gasteiger charge is 2.22. The van der Waals surface area contributed by atoms with Gasteiger partial charge in [0, 0.05) is 23.0 Å². The Morgan fingerprint density at radius 1 is 1.37 bits per heavy atom. The Morgan fingerprint density at radius 3 is 2.84 bits per heavy atom. The van der Waals surface area contributed by atoms with Gasteiger partial charge >= 0.3 is 0 Å². The Hall–Kier alpha value is -1.32. The minimum Gasteiger partial charge on any atom is -0.399 e. The first-order valence-electron chi connectivity index (χ1n) is 7.04. The van der Waals surface area contributed by atoms with Crippen LogP contribution in [0.15, 0.2) is 18.2 Å². The van der Waals surface area contributed by atoms with Crippen LogP contribution in [0.3, 0.4) is 0 Å². The van der Waals surface area contributed by atoms with Gasteiger partial charge in [-0.25, -0.2) is 8.78 Å². The van der Waals surface area contributed by atoms with Crippen molar-refractivity contribution in [3.05, 3.63) is 23.8 Å². The van der Waals surface area contributed by atoms with Crippen molar-refractivity contribution in [2.75, 3.05) is 11.1 Å². The van der Waals surface area contributed by atoms with Gasteiger partial charge in [-0.3, -0.25) is 0 Å². The molecule has 1 saturated carbocycles. The van der Waals surface area contributed by atoms with Gasteiger partial charge in [-0.05, 0) is 37.0 Å². The fourth-order valence-corrected chi connectivity index (χ4v) is 2.91. The van der Waals surface area contributed by atoms with Crippen molar-refractivity contribution < 1.29 is 8.78 Å². The van der Waals surface area contributed by atoms with E-state index in [1.807, 2.05) is 0 Å². The summed E-state index contributed by atoms with van der Waals surface area (Å²) in [6.45, 7) is 2.20. The molecule has 4 heteroatoms. The Bertz CT molecular complexity index is 421. The number of nitrogens with two attached hydrogens (primary N) is 1.